The Morgan fingerprint density at radius 2 is 0.824 bits per heavy atom. The van der Waals surface area contributed by atoms with E-state index in [1.165, 1.54) is 21.5 Å². The van der Waals surface area contributed by atoms with Crippen LogP contribution in [0.15, 0.2) is 122 Å². The summed E-state index contributed by atoms with van der Waals surface area (Å²) in [6.45, 7) is 0. The quantitative estimate of drug-likeness (QED) is 0.230. The summed E-state index contributed by atoms with van der Waals surface area (Å²) in [5.74, 6) is 1.09. The molecule has 168 valence electrons. The van der Waals surface area contributed by atoms with Crippen LogP contribution in [0.3, 0.4) is 0 Å². The van der Waals surface area contributed by atoms with Crippen molar-refractivity contribution in [2.24, 2.45) is 0 Å². The standard InChI is InChI=1S/C12H10Cl2.2C9H7N/c13-7-9-5-6-10(8-14)12-4-2-1-3-11(9)12;2*1-2-6-9-8(4-1)5-3-7-10-9/h1-6H,7-8H2;2*1-7H. The average molecular weight is 483 g/mol. The Balaban J connectivity index is 0.000000123. The molecule has 0 saturated carbocycles. The van der Waals surface area contributed by atoms with Crippen LogP contribution in [0.4, 0.5) is 0 Å². The second-order valence-electron chi connectivity index (χ2n) is 7.59. The van der Waals surface area contributed by atoms with Crippen LogP contribution < -0.4 is 0 Å². The summed E-state index contributed by atoms with van der Waals surface area (Å²) >= 11 is 11.7. The third-order valence-corrected chi connectivity index (χ3v) is 5.99. The Kier molecular flexibility index (Phi) is 8.45. The molecule has 2 nitrogen and oxygen atoms in total. The number of aromatic nitrogens is 2. The van der Waals surface area contributed by atoms with Gasteiger partial charge in [0.25, 0.3) is 0 Å². The van der Waals surface area contributed by atoms with Crippen molar-refractivity contribution in [2.75, 3.05) is 0 Å². The maximum Gasteiger partial charge on any atom is 0.0701 e. The molecule has 0 aliphatic heterocycles. The van der Waals surface area contributed by atoms with Crippen LogP contribution in [0, 0.1) is 0 Å². The molecule has 4 aromatic carbocycles. The highest BCUT2D eigenvalue weighted by Crippen LogP contribution is 2.25. The van der Waals surface area contributed by atoms with Gasteiger partial charge in [-0.3, -0.25) is 9.97 Å². The number of hydrogen-bond acceptors (Lipinski definition) is 2. The zero-order chi connectivity index (χ0) is 23.6. The lowest BCUT2D eigenvalue weighted by molar-refractivity contribution is 1.39. The fourth-order valence-electron chi connectivity index (χ4n) is 3.69. The van der Waals surface area contributed by atoms with Crippen LogP contribution in [-0.2, 0) is 11.8 Å². The van der Waals surface area contributed by atoms with Crippen molar-refractivity contribution in [3.8, 4) is 0 Å². The summed E-state index contributed by atoms with van der Waals surface area (Å²) in [6, 6.07) is 36.5. The molecule has 6 aromatic rings. The van der Waals surface area contributed by atoms with Crippen LogP contribution in [0.25, 0.3) is 32.6 Å². The molecule has 0 N–H and O–H groups in total. The molecular weight excluding hydrogens is 459 g/mol. The van der Waals surface area contributed by atoms with Crippen LogP contribution in [0.1, 0.15) is 11.1 Å². The monoisotopic (exact) mass is 482 g/mol. The van der Waals surface area contributed by atoms with E-state index in [0.29, 0.717) is 11.8 Å². The third kappa shape index (κ3) is 5.91. The van der Waals surface area contributed by atoms with Crippen molar-refractivity contribution in [3.63, 3.8) is 0 Å². The van der Waals surface area contributed by atoms with Crippen molar-refractivity contribution >= 4 is 55.8 Å². The average Bonchev–Trinajstić information content (AvgIpc) is 2.93. The molecule has 0 aliphatic rings. The maximum absolute atomic E-state index is 5.87. The lowest BCUT2D eigenvalue weighted by atomic mass is 10.0. The van der Waals surface area contributed by atoms with Gasteiger partial charge < -0.3 is 0 Å². The van der Waals surface area contributed by atoms with Crippen molar-refractivity contribution < 1.29 is 0 Å². The summed E-state index contributed by atoms with van der Waals surface area (Å²) in [5.41, 5.74) is 4.45. The number of fused-ring (bicyclic) bond motifs is 3. The smallest absolute Gasteiger partial charge is 0.0701 e. The lowest BCUT2D eigenvalue weighted by Crippen LogP contribution is -1.86. The zero-order valence-electron chi connectivity index (χ0n) is 18.6. The molecule has 0 saturated heterocycles. The van der Waals surface area contributed by atoms with Gasteiger partial charge in [-0.05, 0) is 46.2 Å². The van der Waals surface area contributed by atoms with E-state index >= 15 is 0 Å². The van der Waals surface area contributed by atoms with E-state index in [2.05, 4.69) is 46.4 Å². The van der Waals surface area contributed by atoms with E-state index in [0.717, 1.165) is 22.2 Å². The van der Waals surface area contributed by atoms with Crippen molar-refractivity contribution in [2.45, 2.75) is 11.8 Å². The van der Waals surface area contributed by atoms with Gasteiger partial charge in [0.05, 0.1) is 11.0 Å². The van der Waals surface area contributed by atoms with Crippen LogP contribution in [-0.4, -0.2) is 9.97 Å². The molecule has 0 aliphatic carbocycles. The number of hydrogen-bond donors (Lipinski definition) is 0. The number of halogens is 2. The van der Waals surface area contributed by atoms with Crippen LogP contribution >= 0.6 is 23.2 Å². The van der Waals surface area contributed by atoms with Gasteiger partial charge in [0.2, 0.25) is 0 Å². The van der Waals surface area contributed by atoms with E-state index in [1.54, 1.807) is 0 Å². The summed E-state index contributed by atoms with van der Waals surface area (Å²) in [5, 5.41) is 4.82. The SMILES string of the molecule is ClCc1ccc(CCl)c2ccccc12.c1ccc2ncccc2c1.c1ccc2ncccc2c1. The number of benzene rings is 4. The molecule has 0 unspecified atom stereocenters. The highest BCUT2D eigenvalue weighted by Gasteiger charge is 2.03. The molecule has 0 bridgehead atoms. The minimum atomic E-state index is 0.545. The van der Waals surface area contributed by atoms with Crippen LogP contribution in [0.5, 0.6) is 0 Å². The molecule has 34 heavy (non-hydrogen) atoms. The third-order valence-electron chi connectivity index (χ3n) is 5.42. The van der Waals surface area contributed by atoms with E-state index in [9.17, 15) is 0 Å². The normalized spacial score (nSPS) is 10.3. The highest BCUT2D eigenvalue weighted by molar-refractivity contribution is 6.19. The molecule has 0 amide bonds. The number of nitrogens with zero attached hydrogens (tertiary/aromatic N) is 2. The molecule has 2 aromatic heterocycles. The second-order valence-corrected chi connectivity index (χ2v) is 8.12. The predicted molar refractivity (Wildman–Crippen MR) is 147 cm³/mol. The molecular formula is C30H24Cl2N2. The predicted octanol–water partition coefficient (Wildman–Crippen LogP) is 8.79. The molecule has 4 heteroatoms. The summed E-state index contributed by atoms with van der Waals surface area (Å²) in [6.07, 6.45) is 3.62. The van der Waals surface area contributed by atoms with Gasteiger partial charge in [-0.2, -0.15) is 0 Å². The molecule has 6 rings (SSSR count). The topological polar surface area (TPSA) is 25.8 Å². The molecule has 0 fully saturated rings. The fraction of sp³-hybridized carbons (Fsp3) is 0.0667. The van der Waals surface area contributed by atoms with Crippen LogP contribution in [0.2, 0.25) is 0 Å². The van der Waals surface area contributed by atoms with Gasteiger partial charge in [0, 0.05) is 34.9 Å². The second kappa shape index (κ2) is 12.1. The first kappa shape index (κ1) is 23.7. The Morgan fingerprint density at radius 3 is 1.24 bits per heavy atom. The van der Waals surface area contributed by atoms with Crippen molar-refractivity contribution in [1.29, 1.82) is 0 Å². The van der Waals surface area contributed by atoms with Gasteiger partial charge in [-0.25, -0.2) is 0 Å². The largest absolute Gasteiger partial charge is 0.256 e. The Labute approximate surface area is 209 Å². The zero-order valence-corrected chi connectivity index (χ0v) is 20.1. The van der Waals surface area contributed by atoms with Gasteiger partial charge in [0.15, 0.2) is 0 Å². The Bertz CT molecular complexity index is 1250. The van der Waals surface area contributed by atoms with E-state index in [-0.39, 0.29) is 0 Å². The van der Waals surface area contributed by atoms with Crippen molar-refractivity contribution in [3.05, 3.63) is 133 Å². The molecule has 0 radical (unpaired) electrons. The minimum Gasteiger partial charge on any atom is -0.256 e. The first-order valence-electron chi connectivity index (χ1n) is 11.0. The number of pyridine rings is 2. The van der Waals surface area contributed by atoms with Gasteiger partial charge in [-0.15, -0.1) is 23.2 Å². The lowest BCUT2D eigenvalue weighted by Gasteiger charge is -2.07. The number of alkyl halides is 2. The summed E-state index contributed by atoms with van der Waals surface area (Å²) in [4.78, 5) is 8.36. The number of rotatable bonds is 2. The first-order valence-corrected chi connectivity index (χ1v) is 12.1. The molecule has 0 spiro atoms. The van der Waals surface area contributed by atoms with E-state index in [4.69, 9.17) is 23.2 Å². The summed E-state index contributed by atoms with van der Waals surface area (Å²) in [7, 11) is 0. The Hall–Kier alpha value is -3.46. The molecule has 0 atom stereocenters. The van der Waals surface area contributed by atoms with Gasteiger partial charge in [0.1, 0.15) is 0 Å². The molecule has 2 heterocycles. The summed E-state index contributed by atoms with van der Waals surface area (Å²) < 4.78 is 0. The Morgan fingerprint density at radius 1 is 0.441 bits per heavy atom. The van der Waals surface area contributed by atoms with Crippen molar-refractivity contribution in [1.82, 2.24) is 9.97 Å². The van der Waals surface area contributed by atoms with Gasteiger partial charge in [-0.1, -0.05) is 84.9 Å². The van der Waals surface area contributed by atoms with E-state index in [1.807, 2.05) is 85.2 Å². The van der Waals surface area contributed by atoms with Gasteiger partial charge >= 0.3 is 0 Å². The first-order chi connectivity index (χ1) is 16.8. The highest BCUT2D eigenvalue weighted by atomic mass is 35.5. The van der Waals surface area contributed by atoms with E-state index < -0.39 is 0 Å². The maximum atomic E-state index is 5.87. The minimum absolute atomic E-state index is 0.545. The number of para-hydroxylation sites is 2. The fourth-order valence-corrected chi connectivity index (χ4v) is 4.16.